The summed E-state index contributed by atoms with van der Waals surface area (Å²) in [6.45, 7) is -0.0703. The Hall–Kier alpha value is -6.92. The number of imide groups is 1. The van der Waals surface area contributed by atoms with Crippen molar-refractivity contribution < 1.29 is 111 Å². The third-order valence-electron chi connectivity index (χ3n) is 12.0. The first-order valence-electron chi connectivity index (χ1n) is 24.9. The number of aliphatic hydroxyl groups excluding tert-OH is 5. The zero-order valence-corrected chi connectivity index (χ0v) is 44.4. The molecule has 5 atom stereocenters. The van der Waals surface area contributed by atoms with Crippen molar-refractivity contribution in [2.45, 2.75) is 89.1 Å². The average molecular weight is 1140 g/mol. The maximum absolute atomic E-state index is 16.0. The van der Waals surface area contributed by atoms with Crippen LogP contribution in [-0.4, -0.2) is 200 Å². The maximum atomic E-state index is 16.0. The number of Topliss-reactive ketones (excluding diaryl/α,β-unsaturated/α-hetero) is 1. The van der Waals surface area contributed by atoms with Crippen LogP contribution in [0.1, 0.15) is 66.2 Å². The Morgan fingerprint density at radius 1 is 0.722 bits per heavy atom. The Morgan fingerprint density at radius 3 is 2.03 bits per heavy atom. The molecule has 0 saturated carbocycles. The molecule has 28 heteroatoms. The van der Waals surface area contributed by atoms with Crippen molar-refractivity contribution in [1.82, 2.24) is 20.4 Å². The van der Waals surface area contributed by atoms with Gasteiger partial charge in [0, 0.05) is 79.2 Å². The highest BCUT2D eigenvalue weighted by Gasteiger charge is 2.33. The number of nitrogens with one attached hydrogen (secondary N) is 2. The van der Waals surface area contributed by atoms with Crippen LogP contribution in [0.5, 0.6) is 23.0 Å². The molecule has 7 N–H and O–H groups in total. The minimum atomic E-state index is -1.94. The minimum absolute atomic E-state index is 0.00352. The van der Waals surface area contributed by atoms with Crippen LogP contribution in [0.3, 0.4) is 0 Å². The van der Waals surface area contributed by atoms with Gasteiger partial charge in [-0.2, -0.15) is 0 Å². The molecule has 5 rings (SSSR count). The number of amides is 5. The van der Waals surface area contributed by atoms with Crippen molar-refractivity contribution in [3.05, 3.63) is 58.0 Å². The molecule has 0 aliphatic carbocycles. The number of rotatable bonds is 35. The van der Waals surface area contributed by atoms with Crippen LogP contribution in [0.25, 0.3) is 10.1 Å². The number of aliphatic hydroxyl groups is 5. The van der Waals surface area contributed by atoms with Crippen LogP contribution in [0.2, 0.25) is 0 Å². The number of esters is 2. The first kappa shape index (κ1) is 62.9. The number of carbonyl (C=O) groups excluding carboxylic acids is 8. The summed E-state index contributed by atoms with van der Waals surface area (Å²) < 4.78 is 75.4. The van der Waals surface area contributed by atoms with Crippen LogP contribution in [0.15, 0.2) is 30.4 Å². The smallest absolute Gasteiger partial charge is 0.306 e. The predicted molar refractivity (Wildman–Crippen MR) is 270 cm³/mol. The number of benzene rings is 2. The summed E-state index contributed by atoms with van der Waals surface area (Å²) in [6.07, 6.45) is -7.13. The average Bonchev–Trinajstić information content (AvgIpc) is 4.37. The van der Waals surface area contributed by atoms with Gasteiger partial charge in [-0.05, 0) is 24.6 Å². The molecule has 0 unspecified atom stereocenters. The summed E-state index contributed by atoms with van der Waals surface area (Å²) in [7, 11) is 2.61. The van der Waals surface area contributed by atoms with E-state index in [1.807, 2.05) is 0 Å². The molecule has 0 fully saturated rings. The van der Waals surface area contributed by atoms with Gasteiger partial charge in [-0.25, -0.2) is 8.78 Å². The number of hydrogen-bond acceptors (Lipinski definition) is 22. The molecule has 434 valence electrons. The Morgan fingerprint density at radius 2 is 1.35 bits per heavy atom. The molecule has 25 nitrogen and oxygen atoms in total. The molecule has 3 aromatic rings. The zero-order chi connectivity index (χ0) is 57.8. The minimum Gasteiger partial charge on any atom is -0.493 e. The van der Waals surface area contributed by atoms with Gasteiger partial charge in [0.1, 0.15) is 43.7 Å². The molecule has 5 amide bonds. The molecular weight excluding hydrogens is 1070 g/mol. The number of thiophene rings is 1. The van der Waals surface area contributed by atoms with Crippen molar-refractivity contribution in [1.29, 1.82) is 0 Å². The van der Waals surface area contributed by atoms with Gasteiger partial charge in [-0.3, -0.25) is 43.3 Å². The fraction of sp³-hybridized carbons (Fsp3) is 0.529. The summed E-state index contributed by atoms with van der Waals surface area (Å²) in [6, 6.07) is 4.31. The topological polar surface area (TPSA) is 342 Å². The van der Waals surface area contributed by atoms with Gasteiger partial charge < -0.3 is 79.0 Å². The molecule has 2 aliphatic rings. The van der Waals surface area contributed by atoms with Crippen LogP contribution < -0.4 is 29.6 Å². The number of hydrogen-bond donors (Lipinski definition) is 7. The molecule has 1 aromatic heterocycles. The lowest BCUT2D eigenvalue weighted by atomic mass is 10.0. The Bertz CT molecular complexity index is 2670. The standard InChI is InChI=1S/C51H64F2N4O21S/c1-28(22-55-39(62)11-15-73-17-18-74-16-12-54-40(63)25-57-42(65)6-7-43(57)66)78-45(68)10-8-41(64)56-23-29-19-35(71-2)50(47(53)31(29)24-56)75-13-4-14-76-51-36(72-3)21-37-30(46(51)52)20-38(79-37)32(59)5-9-44(67)77-27-34(61)49(70)48(69)33(60)26-58/h6-7,19-21,28,33-34,48-49,58,60-61,69-70H,4-5,8-18,22-27H2,1-3H3,(H,54,63)(H,55,62)/t28-,33+,34+,48+,49+/m0/s1. The lowest BCUT2D eigenvalue weighted by Gasteiger charge is -2.25. The van der Waals surface area contributed by atoms with E-state index in [1.54, 1.807) is 13.0 Å². The summed E-state index contributed by atoms with van der Waals surface area (Å²) in [5.74, 6) is -6.56. The highest BCUT2D eigenvalue weighted by molar-refractivity contribution is 7.20. The van der Waals surface area contributed by atoms with Crippen LogP contribution in [0, 0.1) is 11.6 Å². The summed E-state index contributed by atoms with van der Waals surface area (Å²) in [4.78, 5) is 100. The lowest BCUT2D eigenvalue weighted by molar-refractivity contribution is -0.156. The Kier molecular flexibility index (Phi) is 24.7. The number of ether oxygens (including phenoxy) is 8. The molecule has 0 spiro atoms. The second-order valence-corrected chi connectivity index (χ2v) is 18.9. The number of ketones is 1. The lowest BCUT2D eigenvalue weighted by Crippen LogP contribution is -2.47. The zero-order valence-electron chi connectivity index (χ0n) is 43.5. The van der Waals surface area contributed by atoms with Crippen LogP contribution in [-0.2, 0) is 65.6 Å². The van der Waals surface area contributed by atoms with Crippen molar-refractivity contribution in [3.63, 3.8) is 0 Å². The largest absolute Gasteiger partial charge is 0.493 e. The van der Waals surface area contributed by atoms with E-state index in [0.29, 0.717) is 10.3 Å². The maximum Gasteiger partial charge on any atom is 0.306 e. The summed E-state index contributed by atoms with van der Waals surface area (Å²) in [5, 5.41) is 53.1. The van der Waals surface area contributed by atoms with E-state index in [0.717, 1.165) is 28.4 Å². The van der Waals surface area contributed by atoms with E-state index >= 15 is 8.78 Å². The highest BCUT2D eigenvalue weighted by atomic mass is 32.1. The molecule has 2 aliphatic heterocycles. The van der Waals surface area contributed by atoms with E-state index in [1.165, 1.54) is 31.3 Å². The molecule has 3 heterocycles. The monoisotopic (exact) mass is 1140 g/mol. The molecule has 0 bridgehead atoms. The van der Waals surface area contributed by atoms with Crippen molar-refractivity contribution >= 4 is 68.7 Å². The fourth-order valence-electron chi connectivity index (χ4n) is 7.68. The van der Waals surface area contributed by atoms with Gasteiger partial charge >= 0.3 is 11.9 Å². The van der Waals surface area contributed by atoms with Crippen molar-refractivity contribution in [2.24, 2.45) is 0 Å². The second kappa shape index (κ2) is 31.0. The molecule has 79 heavy (non-hydrogen) atoms. The fourth-order valence-corrected chi connectivity index (χ4v) is 8.73. The van der Waals surface area contributed by atoms with Crippen LogP contribution >= 0.6 is 11.3 Å². The SMILES string of the molecule is COc1cc2c(c(F)c1OCCCOc1c(OC)cc3sc(C(=O)CCC(=O)OC[C@@H](O)[C@@H](O)[C@H](O)[C@H](O)CO)cc3c1F)CN(C(=O)CCC(=O)O[C@@H](C)CNC(=O)CCOCCOCCNC(=O)CN1C(=O)C=CC1=O)C2. The van der Waals surface area contributed by atoms with Gasteiger partial charge in [-0.15, -0.1) is 11.3 Å². The van der Waals surface area contributed by atoms with Crippen LogP contribution in [0.4, 0.5) is 8.78 Å². The van der Waals surface area contributed by atoms with E-state index in [4.69, 9.17) is 43.0 Å². The number of methoxy groups -OCH3 is 2. The number of fused-ring (bicyclic) bond motifs is 2. The van der Waals surface area contributed by atoms with E-state index in [2.05, 4.69) is 10.6 Å². The summed E-state index contributed by atoms with van der Waals surface area (Å²) in [5.41, 5.74) is 0.662. The first-order chi connectivity index (χ1) is 37.8. The van der Waals surface area contributed by atoms with E-state index in [9.17, 15) is 58.8 Å². The predicted octanol–water partition coefficient (Wildman–Crippen LogP) is 0.121. The van der Waals surface area contributed by atoms with E-state index in [-0.39, 0.29) is 149 Å². The quantitative estimate of drug-likeness (QED) is 0.0178. The van der Waals surface area contributed by atoms with Crippen molar-refractivity contribution in [2.75, 3.05) is 86.7 Å². The highest BCUT2D eigenvalue weighted by Crippen LogP contribution is 2.41. The van der Waals surface area contributed by atoms with Gasteiger partial charge in [0.05, 0.1) is 84.7 Å². The second-order valence-electron chi connectivity index (χ2n) is 17.8. The number of nitrogens with zero attached hydrogens (tertiary/aromatic N) is 2. The molecule has 0 saturated heterocycles. The normalized spacial score (nSPS) is 14.8. The third-order valence-corrected chi connectivity index (χ3v) is 13.1. The number of halogens is 2. The summed E-state index contributed by atoms with van der Waals surface area (Å²) >= 11 is 0.938. The molecule has 0 radical (unpaired) electrons. The third kappa shape index (κ3) is 18.3. The first-order valence-corrected chi connectivity index (χ1v) is 25.7. The van der Waals surface area contributed by atoms with Gasteiger partial charge in [-0.1, -0.05) is 0 Å². The van der Waals surface area contributed by atoms with Gasteiger partial charge in [0.25, 0.3) is 11.8 Å². The van der Waals surface area contributed by atoms with Gasteiger partial charge in [0.2, 0.25) is 17.7 Å². The Balaban J connectivity index is 0.969. The van der Waals surface area contributed by atoms with Gasteiger partial charge in [0.15, 0.2) is 40.4 Å². The number of carbonyl (C=O) groups is 8. The Labute approximate surface area is 455 Å². The molecular formula is C51H64F2N4O21S. The molecule has 2 aromatic carbocycles. The van der Waals surface area contributed by atoms with Crippen molar-refractivity contribution in [3.8, 4) is 23.0 Å². The van der Waals surface area contributed by atoms with E-state index < -0.39 is 103 Å².